The van der Waals surface area contributed by atoms with Crippen LogP contribution < -0.4 is 5.73 Å². The molecule has 0 radical (unpaired) electrons. The molecule has 0 aromatic carbocycles. The molecule has 0 aliphatic heterocycles. The molecule has 2 unspecified atom stereocenters. The maximum atomic E-state index is 6.23. The summed E-state index contributed by atoms with van der Waals surface area (Å²) in [7, 11) is 3.82. The van der Waals surface area contributed by atoms with Crippen molar-refractivity contribution in [2.75, 3.05) is 27.3 Å². The number of nitrogens with two attached hydrogens (primary N) is 1. The Morgan fingerprint density at radius 1 is 1.44 bits per heavy atom. The molecule has 0 spiro atoms. The molecule has 1 rings (SSSR count). The van der Waals surface area contributed by atoms with E-state index >= 15 is 0 Å². The van der Waals surface area contributed by atoms with Crippen LogP contribution >= 0.6 is 0 Å². The second-order valence-electron chi connectivity index (χ2n) is 4.79. The Labute approximate surface area is 110 Å². The van der Waals surface area contributed by atoms with Gasteiger partial charge in [-0.25, -0.2) is 0 Å². The smallest absolute Gasteiger partial charge is 0.122 e. The minimum Gasteiger partial charge on any atom is -0.465 e. The van der Waals surface area contributed by atoms with E-state index in [1.54, 1.807) is 7.11 Å². The number of rotatable bonds is 8. The third kappa shape index (κ3) is 4.12. The molecule has 18 heavy (non-hydrogen) atoms. The van der Waals surface area contributed by atoms with Crippen molar-refractivity contribution < 1.29 is 9.15 Å². The summed E-state index contributed by atoms with van der Waals surface area (Å²) >= 11 is 0. The van der Waals surface area contributed by atoms with E-state index in [-0.39, 0.29) is 12.1 Å². The normalized spacial score (nSPS) is 15.0. The van der Waals surface area contributed by atoms with E-state index in [0.29, 0.717) is 0 Å². The Hall–Kier alpha value is -0.840. The summed E-state index contributed by atoms with van der Waals surface area (Å²) in [6.45, 7) is 5.79. The number of ether oxygens (including phenoxy) is 1. The summed E-state index contributed by atoms with van der Waals surface area (Å²) in [5.41, 5.74) is 6.23. The van der Waals surface area contributed by atoms with Crippen LogP contribution in [0.4, 0.5) is 0 Å². The summed E-state index contributed by atoms with van der Waals surface area (Å²) in [4.78, 5) is 2.26. The van der Waals surface area contributed by atoms with Crippen LogP contribution in [0.3, 0.4) is 0 Å². The molecule has 4 nitrogen and oxygen atoms in total. The monoisotopic (exact) mass is 254 g/mol. The molecule has 0 saturated carbocycles. The minimum atomic E-state index is 0.0862. The van der Waals surface area contributed by atoms with Gasteiger partial charge in [0.25, 0.3) is 0 Å². The second-order valence-corrected chi connectivity index (χ2v) is 4.79. The zero-order valence-corrected chi connectivity index (χ0v) is 12.0. The zero-order chi connectivity index (χ0) is 13.5. The first-order valence-corrected chi connectivity index (χ1v) is 6.61. The van der Waals surface area contributed by atoms with Crippen LogP contribution in [0.1, 0.15) is 37.3 Å². The van der Waals surface area contributed by atoms with E-state index in [2.05, 4.69) is 18.9 Å². The zero-order valence-electron chi connectivity index (χ0n) is 12.0. The molecule has 1 aromatic rings. The molecule has 0 saturated heterocycles. The molecule has 0 aliphatic rings. The first-order chi connectivity index (χ1) is 8.60. The lowest BCUT2D eigenvalue weighted by atomic mass is 10.0. The Balaban J connectivity index is 2.72. The number of hydrogen-bond donors (Lipinski definition) is 1. The maximum Gasteiger partial charge on any atom is 0.122 e. The Bertz CT molecular complexity index is 338. The van der Waals surface area contributed by atoms with Gasteiger partial charge in [0.05, 0.1) is 6.04 Å². The van der Waals surface area contributed by atoms with Gasteiger partial charge in [0.2, 0.25) is 0 Å². The van der Waals surface area contributed by atoms with Crippen molar-refractivity contribution in [1.82, 2.24) is 4.90 Å². The lowest BCUT2D eigenvalue weighted by Crippen LogP contribution is -2.39. The molecule has 4 heteroatoms. The fourth-order valence-corrected chi connectivity index (χ4v) is 2.19. The molecule has 0 fully saturated rings. The van der Waals surface area contributed by atoms with Crippen LogP contribution in [0.2, 0.25) is 0 Å². The lowest BCUT2D eigenvalue weighted by molar-refractivity contribution is 0.144. The van der Waals surface area contributed by atoms with Crippen LogP contribution in [-0.2, 0) is 4.74 Å². The third-order valence-corrected chi connectivity index (χ3v) is 3.26. The molecule has 2 N–H and O–H groups in total. The van der Waals surface area contributed by atoms with E-state index in [4.69, 9.17) is 14.9 Å². The van der Waals surface area contributed by atoms with Gasteiger partial charge in [0.15, 0.2) is 0 Å². The molecule has 104 valence electrons. The first kappa shape index (κ1) is 15.2. The average Bonchev–Trinajstić information content (AvgIpc) is 2.76. The molecule has 1 aromatic heterocycles. The van der Waals surface area contributed by atoms with Crippen molar-refractivity contribution in [3.8, 4) is 0 Å². The number of aryl methyl sites for hydroxylation is 1. The van der Waals surface area contributed by atoms with Crippen molar-refractivity contribution in [3.05, 3.63) is 23.7 Å². The summed E-state index contributed by atoms with van der Waals surface area (Å²) in [5.74, 6) is 1.89. The SMILES string of the molecule is CCC(N)C(c1ccc(C)o1)N(C)CCCOC. The summed E-state index contributed by atoms with van der Waals surface area (Å²) < 4.78 is 10.8. The van der Waals surface area contributed by atoms with E-state index in [0.717, 1.165) is 37.5 Å². The predicted octanol–water partition coefficient (Wildman–Crippen LogP) is 2.33. The van der Waals surface area contributed by atoms with Crippen molar-refractivity contribution in [1.29, 1.82) is 0 Å². The lowest BCUT2D eigenvalue weighted by Gasteiger charge is -2.30. The number of likely N-dealkylation sites (N-methyl/N-ethyl adjacent to an activating group) is 1. The van der Waals surface area contributed by atoms with Gasteiger partial charge in [0.1, 0.15) is 11.5 Å². The molecule has 0 bridgehead atoms. The van der Waals surface area contributed by atoms with Gasteiger partial charge in [-0.3, -0.25) is 4.90 Å². The molecular formula is C14H26N2O2. The van der Waals surface area contributed by atoms with Crippen molar-refractivity contribution in [3.63, 3.8) is 0 Å². The third-order valence-electron chi connectivity index (χ3n) is 3.26. The number of nitrogens with zero attached hydrogens (tertiary/aromatic N) is 1. The Morgan fingerprint density at radius 2 is 2.17 bits per heavy atom. The summed E-state index contributed by atoms with van der Waals surface area (Å²) in [6.07, 6.45) is 1.93. The van der Waals surface area contributed by atoms with E-state index in [1.165, 1.54) is 0 Å². The fourth-order valence-electron chi connectivity index (χ4n) is 2.19. The van der Waals surface area contributed by atoms with Crippen molar-refractivity contribution >= 4 is 0 Å². The average molecular weight is 254 g/mol. The Morgan fingerprint density at radius 3 is 2.67 bits per heavy atom. The van der Waals surface area contributed by atoms with Crippen LogP contribution in [0.25, 0.3) is 0 Å². The molecule has 1 heterocycles. The van der Waals surface area contributed by atoms with Gasteiger partial charge in [-0.2, -0.15) is 0 Å². The topological polar surface area (TPSA) is 51.6 Å². The van der Waals surface area contributed by atoms with Gasteiger partial charge >= 0.3 is 0 Å². The highest BCUT2D eigenvalue weighted by Gasteiger charge is 2.25. The molecule has 0 aliphatic carbocycles. The van der Waals surface area contributed by atoms with Crippen LogP contribution in [0.5, 0.6) is 0 Å². The van der Waals surface area contributed by atoms with Crippen molar-refractivity contribution in [2.45, 2.75) is 38.8 Å². The highest BCUT2D eigenvalue weighted by molar-refractivity contribution is 5.12. The van der Waals surface area contributed by atoms with E-state index in [9.17, 15) is 0 Å². The first-order valence-electron chi connectivity index (χ1n) is 6.61. The maximum absolute atomic E-state index is 6.23. The van der Waals surface area contributed by atoms with Gasteiger partial charge < -0.3 is 14.9 Å². The predicted molar refractivity (Wildman–Crippen MR) is 73.6 cm³/mol. The second kappa shape index (κ2) is 7.56. The van der Waals surface area contributed by atoms with Crippen molar-refractivity contribution in [2.24, 2.45) is 5.73 Å². The molecule has 2 atom stereocenters. The highest BCUT2D eigenvalue weighted by Crippen LogP contribution is 2.25. The van der Waals surface area contributed by atoms with Gasteiger partial charge in [-0.1, -0.05) is 6.92 Å². The summed E-state index contributed by atoms with van der Waals surface area (Å²) in [5, 5.41) is 0. The van der Waals surface area contributed by atoms with Crippen LogP contribution in [0, 0.1) is 6.92 Å². The largest absolute Gasteiger partial charge is 0.465 e. The summed E-state index contributed by atoms with van der Waals surface area (Å²) in [6, 6.07) is 4.25. The number of methoxy groups -OCH3 is 1. The highest BCUT2D eigenvalue weighted by atomic mass is 16.5. The van der Waals surface area contributed by atoms with Crippen LogP contribution in [-0.4, -0.2) is 38.3 Å². The van der Waals surface area contributed by atoms with E-state index in [1.807, 2.05) is 19.1 Å². The molecular weight excluding hydrogens is 228 g/mol. The molecule has 0 amide bonds. The standard InChI is InChI=1S/C14H26N2O2/c1-5-12(15)14(13-8-7-11(2)18-13)16(3)9-6-10-17-4/h7-8,12,14H,5-6,9-10,15H2,1-4H3. The van der Waals surface area contributed by atoms with Crippen LogP contribution in [0.15, 0.2) is 16.5 Å². The number of hydrogen-bond acceptors (Lipinski definition) is 4. The van der Waals surface area contributed by atoms with E-state index < -0.39 is 0 Å². The Kier molecular flexibility index (Phi) is 6.39. The van der Waals surface area contributed by atoms with Gasteiger partial charge in [0, 0.05) is 26.3 Å². The van der Waals surface area contributed by atoms with Gasteiger partial charge in [-0.05, 0) is 38.9 Å². The quantitative estimate of drug-likeness (QED) is 0.723. The van der Waals surface area contributed by atoms with Gasteiger partial charge in [-0.15, -0.1) is 0 Å². The fraction of sp³-hybridized carbons (Fsp3) is 0.714. The minimum absolute atomic E-state index is 0.0862. The number of furan rings is 1.